The molecule has 0 aromatic carbocycles. The first kappa shape index (κ1) is 20.1. The molecular formula is C20H30N4O2. The Labute approximate surface area is 155 Å². The SMILES string of the molecule is CCC(C)CNCc1c(C(C)(C)C)nc2cc(C=CC(=O)NO)ccn12. The van der Waals surface area contributed by atoms with E-state index in [1.807, 2.05) is 18.3 Å². The lowest BCUT2D eigenvalue weighted by molar-refractivity contribution is -0.124. The fraction of sp³-hybridized carbons (Fsp3) is 0.500. The van der Waals surface area contributed by atoms with E-state index in [1.165, 1.54) is 11.8 Å². The van der Waals surface area contributed by atoms with Crippen LogP contribution in [0.15, 0.2) is 24.4 Å². The van der Waals surface area contributed by atoms with Crippen molar-refractivity contribution in [2.45, 2.75) is 53.0 Å². The average molecular weight is 358 g/mol. The number of rotatable bonds is 7. The Kier molecular flexibility index (Phi) is 6.56. The molecule has 2 aromatic rings. The predicted octanol–water partition coefficient (Wildman–Crippen LogP) is 3.29. The van der Waals surface area contributed by atoms with Crippen LogP contribution in [0.5, 0.6) is 0 Å². The molecule has 2 heterocycles. The van der Waals surface area contributed by atoms with Crippen LogP contribution in [0, 0.1) is 5.92 Å². The van der Waals surface area contributed by atoms with Crippen LogP contribution in [-0.2, 0) is 16.8 Å². The summed E-state index contributed by atoms with van der Waals surface area (Å²) in [6.45, 7) is 12.7. The number of hydrogen-bond acceptors (Lipinski definition) is 4. The van der Waals surface area contributed by atoms with Gasteiger partial charge in [-0.25, -0.2) is 10.5 Å². The minimum Gasteiger partial charge on any atom is -0.311 e. The van der Waals surface area contributed by atoms with Crippen LogP contribution in [0.1, 0.15) is 58.0 Å². The summed E-state index contributed by atoms with van der Waals surface area (Å²) in [6.07, 6.45) is 6.07. The van der Waals surface area contributed by atoms with Crippen LogP contribution in [0.2, 0.25) is 0 Å². The highest BCUT2D eigenvalue weighted by molar-refractivity contribution is 5.90. The average Bonchev–Trinajstić information content (AvgIpc) is 2.97. The topological polar surface area (TPSA) is 78.7 Å². The molecule has 0 bridgehead atoms. The zero-order chi connectivity index (χ0) is 19.3. The highest BCUT2D eigenvalue weighted by Crippen LogP contribution is 2.27. The number of carbonyl (C=O) groups is 1. The van der Waals surface area contributed by atoms with Gasteiger partial charge in [0.25, 0.3) is 5.91 Å². The molecule has 6 nitrogen and oxygen atoms in total. The molecule has 1 amide bonds. The molecule has 2 rings (SSSR count). The second-order valence-corrected chi connectivity index (χ2v) is 7.80. The monoisotopic (exact) mass is 358 g/mol. The molecular weight excluding hydrogens is 328 g/mol. The van der Waals surface area contributed by atoms with Gasteiger partial charge in [0.1, 0.15) is 5.65 Å². The number of hydroxylamine groups is 1. The Morgan fingerprint density at radius 3 is 2.77 bits per heavy atom. The van der Waals surface area contributed by atoms with E-state index in [2.05, 4.69) is 44.3 Å². The zero-order valence-corrected chi connectivity index (χ0v) is 16.3. The Balaban J connectivity index is 2.35. The molecule has 26 heavy (non-hydrogen) atoms. The number of pyridine rings is 1. The first-order chi connectivity index (χ1) is 12.3. The van der Waals surface area contributed by atoms with Crippen molar-refractivity contribution in [1.29, 1.82) is 0 Å². The minimum atomic E-state index is -0.557. The number of nitrogens with one attached hydrogen (secondary N) is 2. The van der Waals surface area contributed by atoms with Crippen LogP contribution < -0.4 is 10.8 Å². The van der Waals surface area contributed by atoms with Crippen molar-refractivity contribution < 1.29 is 10.0 Å². The lowest BCUT2D eigenvalue weighted by Crippen LogP contribution is -2.24. The molecule has 6 heteroatoms. The van der Waals surface area contributed by atoms with E-state index in [9.17, 15) is 4.79 Å². The van der Waals surface area contributed by atoms with E-state index in [4.69, 9.17) is 10.2 Å². The van der Waals surface area contributed by atoms with Crippen LogP contribution >= 0.6 is 0 Å². The Morgan fingerprint density at radius 2 is 2.15 bits per heavy atom. The number of nitrogens with zero attached hydrogens (tertiary/aromatic N) is 2. The lowest BCUT2D eigenvalue weighted by atomic mass is 9.90. The summed E-state index contributed by atoms with van der Waals surface area (Å²) in [6, 6.07) is 3.87. The van der Waals surface area contributed by atoms with E-state index < -0.39 is 5.91 Å². The maximum absolute atomic E-state index is 11.2. The van der Waals surface area contributed by atoms with Crippen molar-refractivity contribution in [3.05, 3.63) is 41.4 Å². The Hall–Kier alpha value is -2.18. The van der Waals surface area contributed by atoms with Gasteiger partial charge >= 0.3 is 0 Å². The number of carbonyl (C=O) groups excluding carboxylic acids is 1. The van der Waals surface area contributed by atoms with Crippen LogP contribution in [0.4, 0.5) is 0 Å². The van der Waals surface area contributed by atoms with Gasteiger partial charge in [0.05, 0.1) is 11.4 Å². The van der Waals surface area contributed by atoms with Gasteiger partial charge in [0.2, 0.25) is 0 Å². The molecule has 0 spiro atoms. The number of fused-ring (bicyclic) bond motifs is 1. The van der Waals surface area contributed by atoms with E-state index in [-0.39, 0.29) is 5.41 Å². The summed E-state index contributed by atoms with van der Waals surface area (Å²) in [5.74, 6) is 0.0835. The number of aromatic nitrogens is 2. The first-order valence-electron chi connectivity index (χ1n) is 9.10. The molecule has 0 radical (unpaired) electrons. The Bertz CT molecular complexity index is 787. The normalized spacial score (nSPS) is 13.5. The summed E-state index contributed by atoms with van der Waals surface area (Å²) in [5, 5.41) is 12.1. The van der Waals surface area contributed by atoms with Gasteiger partial charge in [-0.1, -0.05) is 41.0 Å². The van der Waals surface area contributed by atoms with Crippen molar-refractivity contribution in [2.75, 3.05) is 6.54 Å². The molecule has 0 aliphatic carbocycles. The summed E-state index contributed by atoms with van der Waals surface area (Å²) in [7, 11) is 0. The lowest BCUT2D eigenvalue weighted by Gasteiger charge is -2.19. The fourth-order valence-corrected chi connectivity index (χ4v) is 2.77. The third kappa shape index (κ3) is 4.93. The van der Waals surface area contributed by atoms with E-state index in [1.54, 1.807) is 11.6 Å². The Morgan fingerprint density at radius 1 is 1.42 bits per heavy atom. The molecule has 0 saturated carbocycles. The number of hydrogen-bond donors (Lipinski definition) is 3. The largest absolute Gasteiger partial charge is 0.311 e. The van der Waals surface area contributed by atoms with Gasteiger partial charge in [0.15, 0.2) is 0 Å². The zero-order valence-electron chi connectivity index (χ0n) is 16.3. The summed E-state index contributed by atoms with van der Waals surface area (Å²) < 4.78 is 2.10. The van der Waals surface area contributed by atoms with Crippen molar-refractivity contribution >= 4 is 17.6 Å². The second kappa shape index (κ2) is 8.47. The second-order valence-electron chi connectivity index (χ2n) is 7.80. The molecule has 142 valence electrons. The maximum Gasteiger partial charge on any atom is 0.267 e. The van der Waals surface area contributed by atoms with Crippen molar-refractivity contribution in [3.63, 3.8) is 0 Å². The molecule has 0 aliphatic heterocycles. The van der Waals surface area contributed by atoms with Crippen molar-refractivity contribution in [3.8, 4) is 0 Å². The van der Waals surface area contributed by atoms with Crippen LogP contribution in [-0.4, -0.2) is 27.0 Å². The highest BCUT2D eigenvalue weighted by atomic mass is 16.5. The third-order valence-corrected chi connectivity index (χ3v) is 4.48. The molecule has 0 aliphatic rings. The van der Waals surface area contributed by atoms with Gasteiger partial charge in [-0.3, -0.25) is 10.0 Å². The summed E-state index contributed by atoms with van der Waals surface area (Å²) in [5.41, 5.74) is 5.46. The summed E-state index contributed by atoms with van der Waals surface area (Å²) >= 11 is 0. The van der Waals surface area contributed by atoms with Crippen LogP contribution in [0.3, 0.4) is 0 Å². The minimum absolute atomic E-state index is 0.0633. The molecule has 0 saturated heterocycles. The van der Waals surface area contributed by atoms with Crippen molar-refractivity contribution in [1.82, 2.24) is 20.2 Å². The summed E-state index contributed by atoms with van der Waals surface area (Å²) in [4.78, 5) is 16.0. The fourth-order valence-electron chi connectivity index (χ4n) is 2.77. The highest BCUT2D eigenvalue weighted by Gasteiger charge is 2.23. The van der Waals surface area contributed by atoms with Gasteiger partial charge in [-0.05, 0) is 36.2 Å². The third-order valence-electron chi connectivity index (χ3n) is 4.48. The molecule has 1 atom stereocenters. The smallest absolute Gasteiger partial charge is 0.267 e. The van der Waals surface area contributed by atoms with Gasteiger partial charge < -0.3 is 9.72 Å². The number of amides is 1. The quantitative estimate of drug-likeness (QED) is 0.403. The number of imidazole rings is 1. The standard InChI is InChI=1S/C20H30N4O2/c1-6-14(2)12-21-13-16-19(20(3,4)5)22-17-11-15(9-10-24(16)17)7-8-18(25)23-26/h7-11,14,21,26H,6,12-13H2,1-5H3,(H,23,25). The van der Waals surface area contributed by atoms with E-state index in [0.717, 1.165) is 36.4 Å². The van der Waals surface area contributed by atoms with E-state index in [0.29, 0.717) is 5.92 Å². The van der Waals surface area contributed by atoms with E-state index >= 15 is 0 Å². The van der Waals surface area contributed by atoms with Crippen LogP contribution in [0.25, 0.3) is 11.7 Å². The molecule has 1 unspecified atom stereocenters. The molecule has 0 fully saturated rings. The maximum atomic E-state index is 11.2. The first-order valence-corrected chi connectivity index (χ1v) is 9.10. The van der Waals surface area contributed by atoms with Gasteiger partial charge in [-0.2, -0.15) is 0 Å². The van der Waals surface area contributed by atoms with Crippen molar-refractivity contribution in [2.24, 2.45) is 5.92 Å². The van der Waals surface area contributed by atoms with Gasteiger partial charge in [-0.15, -0.1) is 0 Å². The predicted molar refractivity (Wildman–Crippen MR) is 104 cm³/mol. The molecule has 2 aromatic heterocycles. The van der Waals surface area contributed by atoms with Gasteiger partial charge in [0, 0.05) is 24.2 Å². The molecule has 3 N–H and O–H groups in total.